The molecule has 5 heteroatoms. The lowest BCUT2D eigenvalue weighted by Crippen LogP contribution is -2.51. The molecule has 0 bridgehead atoms. The van der Waals surface area contributed by atoms with E-state index < -0.39 is 12.0 Å². The zero-order valence-corrected chi connectivity index (χ0v) is 11.8. The molecule has 1 saturated carbocycles. The number of carboxylic acid groups (broad SMARTS) is 1. The molecule has 2 amide bonds. The lowest BCUT2D eigenvalue weighted by atomic mass is 9.94. The summed E-state index contributed by atoms with van der Waals surface area (Å²) in [6.45, 7) is 2.47. The Balaban J connectivity index is 2.03. The minimum absolute atomic E-state index is 0.0428. The summed E-state index contributed by atoms with van der Waals surface area (Å²) in [6, 6.07) is -0.478. The van der Waals surface area contributed by atoms with E-state index in [1.54, 1.807) is 9.80 Å². The van der Waals surface area contributed by atoms with Crippen molar-refractivity contribution in [2.75, 3.05) is 13.6 Å². The molecule has 0 aromatic heterocycles. The van der Waals surface area contributed by atoms with Gasteiger partial charge in [0, 0.05) is 19.6 Å². The number of aliphatic carboxylic acids is 1. The molecular weight excluding hydrogens is 244 g/mol. The molecule has 108 valence electrons. The predicted octanol–water partition coefficient (Wildman–Crippen LogP) is 2.17. The van der Waals surface area contributed by atoms with Crippen molar-refractivity contribution in [3.8, 4) is 0 Å². The Hall–Kier alpha value is -1.26. The Bertz CT molecular complexity index is 353. The lowest BCUT2D eigenvalue weighted by Gasteiger charge is -2.35. The number of hydrogen-bond donors (Lipinski definition) is 1. The second-order valence-electron chi connectivity index (χ2n) is 5.93. The second kappa shape index (κ2) is 5.80. The molecule has 2 unspecified atom stereocenters. The van der Waals surface area contributed by atoms with Gasteiger partial charge in [0.25, 0.3) is 0 Å². The first-order chi connectivity index (χ1) is 9.02. The van der Waals surface area contributed by atoms with Crippen LogP contribution in [0.4, 0.5) is 4.79 Å². The second-order valence-corrected chi connectivity index (χ2v) is 5.93. The first-order valence-corrected chi connectivity index (χ1v) is 7.28. The molecule has 2 aliphatic rings. The van der Waals surface area contributed by atoms with Crippen molar-refractivity contribution in [1.29, 1.82) is 0 Å². The quantitative estimate of drug-likeness (QED) is 0.835. The van der Waals surface area contributed by atoms with Crippen molar-refractivity contribution in [1.82, 2.24) is 9.80 Å². The molecule has 19 heavy (non-hydrogen) atoms. The summed E-state index contributed by atoms with van der Waals surface area (Å²) in [5, 5.41) is 9.28. The Kier molecular flexibility index (Phi) is 4.32. The normalized spacial score (nSPS) is 28.4. The van der Waals surface area contributed by atoms with Crippen molar-refractivity contribution in [2.45, 2.75) is 57.5 Å². The maximum atomic E-state index is 12.5. The van der Waals surface area contributed by atoms with Crippen molar-refractivity contribution in [3.63, 3.8) is 0 Å². The maximum Gasteiger partial charge on any atom is 0.326 e. The molecule has 1 N–H and O–H groups in total. The van der Waals surface area contributed by atoms with Crippen molar-refractivity contribution >= 4 is 12.0 Å². The predicted molar refractivity (Wildman–Crippen MR) is 71.9 cm³/mol. The van der Waals surface area contributed by atoms with E-state index in [1.807, 2.05) is 14.0 Å². The van der Waals surface area contributed by atoms with Gasteiger partial charge in [-0.3, -0.25) is 0 Å². The molecule has 0 spiro atoms. The fraction of sp³-hybridized carbons (Fsp3) is 0.857. The van der Waals surface area contributed by atoms with Crippen LogP contribution in [0.25, 0.3) is 0 Å². The summed E-state index contributed by atoms with van der Waals surface area (Å²) in [5.74, 6) is -0.836. The van der Waals surface area contributed by atoms with Gasteiger partial charge in [0.05, 0.1) is 0 Å². The monoisotopic (exact) mass is 268 g/mol. The minimum atomic E-state index is -0.879. The number of carbonyl (C=O) groups is 2. The van der Waals surface area contributed by atoms with E-state index in [1.165, 1.54) is 19.3 Å². The van der Waals surface area contributed by atoms with Crippen LogP contribution in [-0.4, -0.2) is 52.6 Å². The Morgan fingerprint density at radius 3 is 2.37 bits per heavy atom. The van der Waals surface area contributed by atoms with Gasteiger partial charge in [0.2, 0.25) is 0 Å². The highest BCUT2D eigenvalue weighted by atomic mass is 16.4. The highest BCUT2D eigenvalue weighted by Gasteiger charge is 2.41. The Morgan fingerprint density at radius 1 is 1.16 bits per heavy atom. The maximum absolute atomic E-state index is 12.5. The third kappa shape index (κ3) is 2.85. The Labute approximate surface area is 114 Å². The smallest absolute Gasteiger partial charge is 0.326 e. The number of carbonyl (C=O) groups excluding carboxylic acids is 1. The highest BCUT2D eigenvalue weighted by molar-refractivity contribution is 5.83. The first kappa shape index (κ1) is 14.2. The van der Waals surface area contributed by atoms with Gasteiger partial charge in [-0.1, -0.05) is 26.2 Å². The van der Waals surface area contributed by atoms with Crippen molar-refractivity contribution < 1.29 is 14.7 Å². The van der Waals surface area contributed by atoms with E-state index in [2.05, 4.69) is 0 Å². The van der Waals surface area contributed by atoms with E-state index in [4.69, 9.17) is 0 Å². The number of nitrogens with zero attached hydrogens (tertiary/aromatic N) is 2. The summed E-state index contributed by atoms with van der Waals surface area (Å²) in [4.78, 5) is 27.1. The third-order valence-electron chi connectivity index (χ3n) is 4.62. The average molecular weight is 268 g/mol. The standard InChI is InChI=1S/C14H24N2O3/c1-10-8-9-16(12(10)13(17)18)14(19)15(2)11-6-4-3-5-7-11/h10-12H,3-9H2,1-2H3,(H,17,18). The van der Waals surface area contributed by atoms with Crippen LogP contribution in [0, 0.1) is 5.92 Å². The van der Waals surface area contributed by atoms with Crippen LogP contribution < -0.4 is 0 Å². The van der Waals surface area contributed by atoms with Gasteiger partial charge in [-0.2, -0.15) is 0 Å². The van der Waals surface area contributed by atoms with Crippen LogP contribution >= 0.6 is 0 Å². The van der Waals surface area contributed by atoms with E-state index in [0.717, 1.165) is 19.3 Å². The van der Waals surface area contributed by atoms with Gasteiger partial charge >= 0.3 is 12.0 Å². The van der Waals surface area contributed by atoms with Gasteiger partial charge in [0.15, 0.2) is 0 Å². The summed E-state index contributed by atoms with van der Waals surface area (Å²) in [7, 11) is 1.82. The molecule has 0 radical (unpaired) electrons. The summed E-state index contributed by atoms with van der Waals surface area (Å²) >= 11 is 0. The molecule has 0 aromatic rings. The topological polar surface area (TPSA) is 60.9 Å². The summed E-state index contributed by atoms with van der Waals surface area (Å²) in [6.07, 6.45) is 6.45. The van der Waals surface area contributed by atoms with Gasteiger partial charge in [0.1, 0.15) is 6.04 Å². The van der Waals surface area contributed by atoms with Crippen molar-refractivity contribution in [3.05, 3.63) is 0 Å². The summed E-state index contributed by atoms with van der Waals surface area (Å²) in [5.41, 5.74) is 0. The van der Waals surface area contributed by atoms with Gasteiger partial charge in [-0.25, -0.2) is 9.59 Å². The molecule has 2 atom stereocenters. The zero-order valence-electron chi connectivity index (χ0n) is 11.8. The highest BCUT2D eigenvalue weighted by Crippen LogP contribution is 2.28. The van der Waals surface area contributed by atoms with Crippen LogP contribution in [0.3, 0.4) is 0 Å². The van der Waals surface area contributed by atoms with Gasteiger partial charge in [-0.05, 0) is 25.2 Å². The van der Waals surface area contributed by atoms with Gasteiger partial charge < -0.3 is 14.9 Å². The van der Waals surface area contributed by atoms with E-state index >= 15 is 0 Å². The third-order valence-corrected chi connectivity index (χ3v) is 4.62. The molecule has 0 aromatic carbocycles. The summed E-state index contributed by atoms with van der Waals surface area (Å²) < 4.78 is 0. The largest absolute Gasteiger partial charge is 0.480 e. The lowest BCUT2D eigenvalue weighted by molar-refractivity contribution is -0.142. The van der Waals surface area contributed by atoms with E-state index in [9.17, 15) is 14.7 Å². The Morgan fingerprint density at radius 2 is 1.79 bits per heavy atom. The molecule has 1 aliphatic heterocycles. The van der Waals surface area contributed by atoms with Crippen LogP contribution in [0.5, 0.6) is 0 Å². The van der Waals surface area contributed by atoms with E-state index in [-0.39, 0.29) is 18.0 Å². The molecular formula is C14H24N2O3. The first-order valence-electron chi connectivity index (χ1n) is 7.28. The average Bonchev–Trinajstić information content (AvgIpc) is 2.80. The molecule has 1 saturated heterocycles. The van der Waals surface area contributed by atoms with Crippen LogP contribution in [0.1, 0.15) is 45.4 Å². The number of carboxylic acids is 1. The number of likely N-dealkylation sites (tertiary alicyclic amines) is 1. The number of amides is 2. The molecule has 2 fully saturated rings. The number of hydrogen-bond acceptors (Lipinski definition) is 2. The van der Waals surface area contributed by atoms with Crippen molar-refractivity contribution in [2.24, 2.45) is 5.92 Å². The molecule has 1 aliphatic carbocycles. The number of rotatable bonds is 2. The van der Waals surface area contributed by atoms with Gasteiger partial charge in [-0.15, -0.1) is 0 Å². The number of urea groups is 1. The van der Waals surface area contributed by atoms with Crippen LogP contribution in [-0.2, 0) is 4.79 Å². The van der Waals surface area contributed by atoms with Crippen LogP contribution in [0.15, 0.2) is 0 Å². The minimum Gasteiger partial charge on any atom is -0.480 e. The SMILES string of the molecule is CC1CCN(C(=O)N(C)C2CCCCC2)C1C(=O)O. The fourth-order valence-electron chi connectivity index (χ4n) is 3.37. The molecule has 5 nitrogen and oxygen atoms in total. The molecule has 2 rings (SSSR count). The molecule has 1 heterocycles. The van der Waals surface area contributed by atoms with Crippen LogP contribution in [0.2, 0.25) is 0 Å². The zero-order chi connectivity index (χ0) is 14.0. The van der Waals surface area contributed by atoms with E-state index in [0.29, 0.717) is 6.54 Å². The fourth-order valence-corrected chi connectivity index (χ4v) is 3.37.